The molecule has 1 aliphatic rings. The lowest BCUT2D eigenvalue weighted by atomic mass is 9.91. The predicted molar refractivity (Wildman–Crippen MR) is 80.7 cm³/mol. The molecule has 0 radical (unpaired) electrons. The molecule has 0 bridgehead atoms. The van der Waals surface area contributed by atoms with Crippen molar-refractivity contribution in [3.8, 4) is 0 Å². The summed E-state index contributed by atoms with van der Waals surface area (Å²) in [4.78, 5) is 14.4. The van der Waals surface area contributed by atoms with Crippen molar-refractivity contribution in [3.63, 3.8) is 0 Å². The van der Waals surface area contributed by atoms with Gasteiger partial charge in [-0.25, -0.2) is 4.98 Å². The molecule has 3 N–H and O–H groups in total. The van der Waals surface area contributed by atoms with Gasteiger partial charge in [0.25, 0.3) is 5.69 Å². The molecule has 1 saturated carbocycles. The largest absolute Gasteiger partial charge is 0.409 e. The van der Waals surface area contributed by atoms with Crippen LogP contribution in [0.1, 0.15) is 38.2 Å². The summed E-state index contributed by atoms with van der Waals surface area (Å²) >= 11 is 1.55. The second-order valence-electron chi connectivity index (χ2n) is 5.30. The molecule has 0 amide bonds. The number of nitrogens with two attached hydrogens (primary N) is 1. The minimum Gasteiger partial charge on any atom is -0.409 e. The Balaban J connectivity index is 2.27. The SMILES string of the molecule is CC1CCCC(Sc2ncc([N+](=O)[O-])cc2C(N)=NO)C1. The molecule has 21 heavy (non-hydrogen) atoms. The summed E-state index contributed by atoms with van der Waals surface area (Å²) in [5.74, 6) is 0.513. The Morgan fingerprint density at radius 3 is 3.00 bits per heavy atom. The lowest BCUT2D eigenvalue weighted by molar-refractivity contribution is -0.385. The lowest BCUT2D eigenvalue weighted by Gasteiger charge is -2.26. The highest BCUT2D eigenvalue weighted by Crippen LogP contribution is 2.37. The van der Waals surface area contributed by atoms with Crippen LogP contribution < -0.4 is 5.73 Å². The number of thioether (sulfide) groups is 1. The fourth-order valence-corrected chi connectivity index (χ4v) is 3.94. The van der Waals surface area contributed by atoms with Crippen molar-refractivity contribution >= 4 is 23.3 Å². The van der Waals surface area contributed by atoms with Crippen LogP contribution in [0.2, 0.25) is 0 Å². The fraction of sp³-hybridized carbons (Fsp3) is 0.538. The molecule has 1 aliphatic carbocycles. The summed E-state index contributed by atoms with van der Waals surface area (Å²) in [5, 5.41) is 23.6. The third-order valence-corrected chi connectivity index (χ3v) is 4.91. The quantitative estimate of drug-likeness (QED) is 0.290. The minimum absolute atomic E-state index is 0.155. The van der Waals surface area contributed by atoms with Gasteiger partial charge in [0.2, 0.25) is 0 Å². The first-order valence-corrected chi connectivity index (χ1v) is 7.68. The first kappa shape index (κ1) is 15.6. The van der Waals surface area contributed by atoms with E-state index in [-0.39, 0.29) is 11.5 Å². The molecule has 0 spiro atoms. The topological polar surface area (TPSA) is 115 Å². The Labute approximate surface area is 126 Å². The molecule has 0 saturated heterocycles. The van der Waals surface area contributed by atoms with E-state index in [1.54, 1.807) is 11.8 Å². The van der Waals surface area contributed by atoms with Crippen LogP contribution in [0.5, 0.6) is 0 Å². The molecule has 7 nitrogen and oxygen atoms in total. The van der Waals surface area contributed by atoms with Gasteiger partial charge in [0.05, 0.1) is 10.5 Å². The fourth-order valence-electron chi connectivity index (χ4n) is 2.52. The predicted octanol–water partition coefficient (Wildman–Crippen LogP) is 2.76. The number of amidine groups is 1. The third-order valence-electron chi connectivity index (χ3n) is 3.60. The van der Waals surface area contributed by atoms with Gasteiger partial charge in [-0.3, -0.25) is 10.1 Å². The highest BCUT2D eigenvalue weighted by Gasteiger charge is 2.23. The van der Waals surface area contributed by atoms with E-state index in [2.05, 4.69) is 17.1 Å². The van der Waals surface area contributed by atoms with Gasteiger partial charge < -0.3 is 10.9 Å². The number of rotatable bonds is 4. The first-order valence-electron chi connectivity index (χ1n) is 6.80. The van der Waals surface area contributed by atoms with Crippen molar-refractivity contribution in [1.29, 1.82) is 0 Å². The molecule has 0 aromatic carbocycles. The van der Waals surface area contributed by atoms with Crippen LogP contribution in [0.15, 0.2) is 22.4 Å². The van der Waals surface area contributed by atoms with E-state index in [0.717, 1.165) is 12.8 Å². The van der Waals surface area contributed by atoms with Gasteiger partial charge in [-0.05, 0) is 18.8 Å². The monoisotopic (exact) mass is 310 g/mol. The standard InChI is InChI=1S/C13H18N4O3S/c1-8-3-2-4-10(5-8)21-13-11(12(14)16-18)6-9(7-15-13)17(19)20/h6-8,10,18H,2-5H2,1H3,(H2,14,16). The summed E-state index contributed by atoms with van der Waals surface area (Å²) < 4.78 is 0. The van der Waals surface area contributed by atoms with Gasteiger partial charge in [-0.1, -0.05) is 24.9 Å². The van der Waals surface area contributed by atoms with Gasteiger partial charge >= 0.3 is 0 Å². The van der Waals surface area contributed by atoms with Crippen LogP contribution in [0, 0.1) is 16.0 Å². The molecule has 2 unspecified atom stereocenters. The van der Waals surface area contributed by atoms with E-state index in [1.807, 2.05) is 0 Å². The number of aromatic nitrogens is 1. The number of nitro groups is 1. The summed E-state index contributed by atoms with van der Waals surface area (Å²) in [6, 6.07) is 1.30. The zero-order chi connectivity index (χ0) is 15.4. The molecule has 2 atom stereocenters. The van der Waals surface area contributed by atoms with Gasteiger partial charge in [0.15, 0.2) is 5.84 Å². The molecule has 2 rings (SSSR count). The van der Waals surface area contributed by atoms with E-state index < -0.39 is 4.92 Å². The Bertz CT molecular complexity index is 564. The molecule has 1 aromatic rings. The van der Waals surface area contributed by atoms with Crippen LogP contribution in [0.4, 0.5) is 5.69 Å². The van der Waals surface area contributed by atoms with Crippen LogP contribution in [-0.2, 0) is 0 Å². The van der Waals surface area contributed by atoms with Crippen LogP contribution in [-0.4, -0.2) is 26.2 Å². The Kier molecular flexibility index (Phi) is 5.00. The van der Waals surface area contributed by atoms with Crippen molar-refractivity contribution < 1.29 is 10.1 Å². The minimum atomic E-state index is -0.543. The molecule has 1 fully saturated rings. The maximum Gasteiger partial charge on any atom is 0.288 e. The van der Waals surface area contributed by atoms with Crippen molar-refractivity contribution in [2.45, 2.75) is 42.9 Å². The molecule has 1 heterocycles. The van der Waals surface area contributed by atoms with E-state index in [9.17, 15) is 10.1 Å². The summed E-state index contributed by atoms with van der Waals surface area (Å²) in [7, 11) is 0. The molecule has 1 aromatic heterocycles. The van der Waals surface area contributed by atoms with Gasteiger partial charge in [0.1, 0.15) is 11.2 Å². The molecular weight excluding hydrogens is 292 g/mol. The van der Waals surface area contributed by atoms with Crippen molar-refractivity contribution in [3.05, 3.63) is 27.9 Å². The second-order valence-corrected chi connectivity index (χ2v) is 6.59. The van der Waals surface area contributed by atoms with Gasteiger partial charge in [0, 0.05) is 11.3 Å². The Morgan fingerprint density at radius 2 is 2.38 bits per heavy atom. The Morgan fingerprint density at radius 1 is 1.62 bits per heavy atom. The normalized spacial score (nSPS) is 23.0. The maximum atomic E-state index is 10.8. The zero-order valence-corrected chi connectivity index (χ0v) is 12.5. The van der Waals surface area contributed by atoms with E-state index in [0.29, 0.717) is 21.8 Å². The zero-order valence-electron chi connectivity index (χ0n) is 11.7. The lowest BCUT2D eigenvalue weighted by Crippen LogP contribution is -2.18. The van der Waals surface area contributed by atoms with Crippen molar-refractivity contribution in [1.82, 2.24) is 4.98 Å². The number of oxime groups is 1. The van der Waals surface area contributed by atoms with E-state index in [4.69, 9.17) is 10.9 Å². The van der Waals surface area contributed by atoms with Gasteiger partial charge in [-0.15, -0.1) is 11.8 Å². The number of hydrogen-bond acceptors (Lipinski definition) is 6. The van der Waals surface area contributed by atoms with Crippen molar-refractivity contribution in [2.24, 2.45) is 16.8 Å². The molecule has 114 valence electrons. The maximum absolute atomic E-state index is 10.8. The second kappa shape index (κ2) is 6.75. The first-order chi connectivity index (χ1) is 10.0. The van der Waals surface area contributed by atoms with Gasteiger partial charge in [-0.2, -0.15) is 0 Å². The molecular formula is C13H18N4O3S. The summed E-state index contributed by atoms with van der Waals surface area (Å²) in [5.41, 5.74) is 5.77. The highest BCUT2D eigenvalue weighted by molar-refractivity contribution is 7.99. The number of nitrogens with zero attached hydrogens (tertiary/aromatic N) is 3. The third kappa shape index (κ3) is 3.84. The Hall–Kier alpha value is -1.83. The average Bonchev–Trinajstić information content (AvgIpc) is 2.46. The van der Waals surface area contributed by atoms with Crippen molar-refractivity contribution in [2.75, 3.05) is 0 Å². The van der Waals surface area contributed by atoms with Crippen LogP contribution >= 0.6 is 11.8 Å². The summed E-state index contributed by atoms with van der Waals surface area (Å²) in [6.45, 7) is 2.22. The number of pyridine rings is 1. The van der Waals surface area contributed by atoms with E-state index >= 15 is 0 Å². The number of hydrogen-bond donors (Lipinski definition) is 2. The van der Waals surface area contributed by atoms with E-state index in [1.165, 1.54) is 25.1 Å². The average molecular weight is 310 g/mol. The summed E-state index contributed by atoms with van der Waals surface area (Å²) in [6.07, 6.45) is 5.79. The smallest absolute Gasteiger partial charge is 0.288 e. The molecule has 8 heteroatoms. The van der Waals surface area contributed by atoms with Crippen LogP contribution in [0.25, 0.3) is 0 Å². The molecule has 0 aliphatic heterocycles. The van der Waals surface area contributed by atoms with Crippen LogP contribution in [0.3, 0.4) is 0 Å². The highest BCUT2D eigenvalue weighted by atomic mass is 32.2.